The van der Waals surface area contributed by atoms with Gasteiger partial charge < -0.3 is 11.1 Å². The van der Waals surface area contributed by atoms with Gasteiger partial charge >= 0.3 is 0 Å². The minimum atomic E-state index is 0.526. The average Bonchev–Trinajstić information content (AvgIpc) is 2.33. The maximum absolute atomic E-state index is 8.97. The number of rotatable bonds is 2. The van der Waals surface area contributed by atoms with Crippen LogP contribution in [0.4, 0.5) is 17.1 Å². The molecular formula is C13H10ClN3. The first-order valence-electron chi connectivity index (χ1n) is 5.02. The lowest BCUT2D eigenvalue weighted by Gasteiger charge is -2.10. The van der Waals surface area contributed by atoms with Gasteiger partial charge in [0.2, 0.25) is 0 Å². The fraction of sp³-hybridized carbons (Fsp3) is 0. The first kappa shape index (κ1) is 11.3. The van der Waals surface area contributed by atoms with Crippen molar-refractivity contribution in [1.82, 2.24) is 0 Å². The van der Waals surface area contributed by atoms with E-state index in [1.807, 2.05) is 18.2 Å². The van der Waals surface area contributed by atoms with E-state index >= 15 is 0 Å². The maximum atomic E-state index is 8.97. The summed E-state index contributed by atoms with van der Waals surface area (Å²) in [5.41, 5.74) is 8.24. The van der Waals surface area contributed by atoms with Gasteiger partial charge in [-0.2, -0.15) is 5.26 Å². The number of nitrogen functional groups attached to an aromatic ring is 1. The van der Waals surface area contributed by atoms with Crippen LogP contribution in [0.25, 0.3) is 0 Å². The van der Waals surface area contributed by atoms with Crippen LogP contribution in [-0.2, 0) is 0 Å². The molecule has 17 heavy (non-hydrogen) atoms. The Morgan fingerprint density at radius 1 is 1.12 bits per heavy atom. The van der Waals surface area contributed by atoms with Crippen molar-refractivity contribution >= 4 is 28.7 Å². The molecule has 0 saturated heterocycles. The SMILES string of the molecule is N#Cc1ccccc1Nc1ccc(N)cc1Cl. The predicted octanol–water partition coefficient (Wildman–Crippen LogP) is 3.54. The van der Waals surface area contributed by atoms with Crippen LogP contribution in [0.3, 0.4) is 0 Å². The smallest absolute Gasteiger partial charge is 0.101 e. The molecule has 3 N–H and O–H groups in total. The minimum Gasteiger partial charge on any atom is -0.399 e. The lowest BCUT2D eigenvalue weighted by Crippen LogP contribution is -1.95. The molecule has 84 valence electrons. The second-order valence-electron chi connectivity index (χ2n) is 3.52. The summed E-state index contributed by atoms with van der Waals surface area (Å²) in [5.74, 6) is 0. The molecule has 0 bridgehead atoms. The molecule has 0 atom stereocenters. The van der Waals surface area contributed by atoms with E-state index in [-0.39, 0.29) is 0 Å². The zero-order valence-electron chi connectivity index (χ0n) is 8.94. The average molecular weight is 244 g/mol. The molecule has 3 nitrogen and oxygen atoms in total. The summed E-state index contributed by atoms with van der Waals surface area (Å²) >= 11 is 6.05. The standard InChI is InChI=1S/C13H10ClN3/c14-11-7-10(16)5-6-13(11)17-12-4-2-1-3-9(12)8-15/h1-7,17H,16H2. The quantitative estimate of drug-likeness (QED) is 0.793. The van der Waals surface area contributed by atoms with E-state index in [1.54, 1.807) is 24.3 Å². The Labute approximate surface area is 104 Å². The van der Waals surface area contributed by atoms with E-state index < -0.39 is 0 Å². The van der Waals surface area contributed by atoms with Crippen molar-refractivity contribution in [3.8, 4) is 6.07 Å². The van der Waals surface area contributed by atoms with Crippen molar-refractivity contribution in [3.05, 3.63) is 53.1 Å². The zero-order chi connectivity index (χ0) is 12.3. The minimum absolute atomic E-state index is 0.526. The molecule has 2 rings (SSSR count). The third-order valence-corrected chi connectivity index (χ3v) is 2.62. The Hall–Kier alpha value is -2.18. The van der Waals surface area contributed by atoms with Gasteiger partial charge in [-0.05, 0) is 30.3 Å². The van der Waals surface area contributed by atoms with Crippen molar-refractivity contribution in [2.45, 2.75) is 0 Å². The Morgan fingerprint density at radius 2 is 1.88 bits per heavy atom. The van der Waals surface area contributed by atoms with E-state index in [0.29, 0.717) is 16.3 Å². The molecule has 4 heteroatoms. The van der Waals surface area contributed by atoms with Crippen LogP contribution >= 0.6 is 11.6 Å². The third-order valence-electron chi connectivity index (χ3n) is 2.31. The van der Waals surface area contributed by atoms with Gasteiger partial charge in [-0.3, -0.25) is 0 Å². The molecule has 0 spiro atoms. The van der Waals surface area contributed by atoms with Crippen LogP contribution in [0.5, 0.6) is 0 Å². The number of nitrogens with two attached hydrogens (primary N) is 1. The van der Waals surface area contributed by atoms with Gasteiger partial charge in [0.25, 0.3) is 0 Å². The predicted molar refractivity (Wildman–Crippen MR) is 70.3 cm³/mol. The second kappa shape index (κ2) is 4.77. The number of anilines is 3. The molecular weight excluding hydrogens is 234 g/mol. The van der Waals surface area contributed by atoms with E-state index in [4.69, 9.17) is 22.6 Å². The molecule has 0 amide bonds. The number of nitrogens with zero attached hydrogens (tertiary/aromatic N) is 1. The molecule has 2 aromatic rings. The van der Waals surface area contributed by atoms with Gasteiger partial charge in [0.1, 0.15) is 6.07 Å². The molecule has 0 aromatic heterocycles. The highest BCUT2D eigenvalue weighted by Gasteiger charge is 2.04. The van der Waals surface area contributed by atoms with Gasteiger partial charge in [0.05, 0.1) is 22.0 Å². The van der Waals surface area contributed by atoms with Crippen LogP contribution in [0, 0.1) is 11.3 Å². The summed E-state index contributed by atoms with van der Waals surface area (Å²) in [6.07, 6.45) is 0. The molecule has 2 aromatic carbocycles. The Bertz CT molecular complexity index is 587. The summed E-state index contributed by atoms with van der Waals surface area (Å²) in [6.45, 7) is 0. The molecule has 0 unspecified atom stereocenters. The van der Waals surface area contributed by atoms with Gasteiger partial charge in [0, 0.05) is 5.69 Å². The Balaban J connectivity index is 2.35. The first-order chi connectivity index (χ1) is 8.20. The van der Waals surface area contributed by atoms with Crippen LogP contribution in [-0.4, -0.2) is 0 Å². The summed E-state index contributed by atoms with van der Waals surface area (Å²) in [6, 6.07) is 14.6. The van der Waals surface area contributed by atoms with Crippen LogP contribution in [0.15, 0.2) is 42.5 Å². The molecule has 0 aliphatic rings. The number of para-hydroxylation sites is 1. The number of benzene rings is 2. The van der Waals surface area contributed by atoms with Crippen molar-refractivity contribution in [1.29, 1.82) is 5.26 Å². The van der Waals surface area contributed by atoms with Crippen molar-refractivity contribution in [3.63, 3.8) is 0 Å². The Kier molecular flexibility index (Phi) is 3.17. The molecule has 0 fully saturated rings. The molecule has 0 aliphatic carbocycles. The van der Waals surface area contributed by atoms with Gasteiger partial charge in [-0.1, -0.05) is 23.7 Å². The highest BCUT2D eigenvalue weighted by molar-refractivity contribution is 6.33. The molecule has 0 aliphatic heterocycles. The Morgan fingerprint density at radius 3 is 2.59 bits per heavy atom. The van der Waals surface area contributed by atoms with Gasteiger partial charge in [0.15, 0.2) is 0 Å². The van der Waals surface area contributed by atoms with Crippen molar-refractivity contribution < 1.29 is 0 Å². The third kappa shape index (κ3) is 2.49. The number of nitrogens with one attached hydrogen (secondary N) is 1. The summed E-state index contributed by atoms with van der Waals surface area (Å²) in [5, 5.41) is 12.6. The van der Waals surface area contributed by atoms with Crippen LogP contribution in [0.2, 0.25) is 5.02 Å². The van der Waals surface area contributed by atoms with Crippen LogP contribution < -0.4 is 11.1 Å². The molecule has 0 heterocycles. The van der Waals surface area contributed by atoms with Crippen LogP contribution in [0.1, 0.15) is 5.56 Å². The second-order valence-corrected chi connectivity index (χ2v) is 3.93. The first-order valence-corrected chi connectivity index (χ1v) is 5.39. The summed E-state index contributed by atoms with van der Waals surface area (Å²) < 4.78 is 0. The number of nitriles is 1. The number of halogens is 1. The molecule has 0 radical (unpaired) electrons. The zero-order valence-corrected chi connectivity index (χ0v) is 9.70. The van der Waals surface area contributed by atoms with Crippen molar-refractivity contribution in [2.24, 2.45) is 0 Å². The number of hydrogen-bond acceptors (Lipinski definition) is 3. The van der Waals surface area contributed by atoms with Crippen molar-refractivity contribution in [2.75, 3.05) is 11.1 Å². The topological polar surface area (TPSA) is 61.8 Å². The fourth-order valence-corrected chi connectivity index (χ4v) is 1.70. The normalized spacial score (nSPS) is 9.65. The fourth-order valence-electron chi connectivity index (χ4n) is 1.47. The van der Waals surface area contributed by atoms with E-state index in [2.05, 4.69) is 11.4 Å². The summed E-state index contributed by atoms with van der Waals surface area (Å²) in [7, 11) is 0. The highest BCUT2D eigenvalue weighted by atomic mass is 35.5. The highest BCUT2D eigenvalue weighted by Crippen LogP contribution is 2.28. The molecule has 0 saturated carbocycles. The lowest BCUT2D eigenvalue weighted by atomic mass is 10.2. The largest absolute Gasteiger partial charge is 0.399 e. The van der Waals surface area contributed by atoms with E-state index in [9.17, 15) is 0 Å². The monoisotopic (exact) mass is 243 g/mol. The van der Waals surface area contributed by atoms with Gasteiger partial charge in [-0.25, -0.2) is 0 Å². The summed E-state index contributed by atoms with van der Waals surface area (Å²) in [4.78, 5) is 0. The maximum Gasteiger partial charge on any atom is 0.101 e. The van der Waals surface area contributed by atoms with Gasteiger partial charge in [-0.15, -0.1) is 0 Å². The van der Waals surface area contributed by atoms with E-state index in [1.165, 1.54) is 0 Å². The number of hydrogen-bond donors (Lipinski definition) is 2. The lowest BCUT2D eigenvalue weighted by molar-refractivity contribution is 1.46. The van der Waals surface area contributed by atoms with E-state index in [0.717, 1.165) is 11.4 Å².